The third-order valence-electron chi connectivity index (χ3n) is 2.21. The van der Waals surface area contributed by atoms with Crippen molar-refractivity contribution < 1.29 is 23.9 Å². The summed E-state index contributed by atoms with van der Waals surface area (Å²) in [6, 6.07) is 3.11. The summed E-state index contributed by atoms with van der Waals surface area (Å²) >= 11 is 0. The van der Waals surface area contributed by atoms with E-state index < -0.39 is 17.8 Å². The van der Waals surface area contributed by atoms with Crippen molar-refractivity contribution in [3.8, 4) is 0 Å². The van der Waals surface area contributed by atoms with Crippen molar-refractivity contribution in [3.63, 3.8) is 0 Å². The van der Waals surface area contributed by atoms with Crippen LogP contribution in [-0.2, 0) is 25.7 Å². The number of amides is 1. The minimum atomic E-state index is -0.500. The molecule has 108 valence electrons. The van der Waals surface area contributed by atoms with Crippen LogP contribution in [0.25, 0.3) is 0 Å². The highest BCUT2D eigenvalue weighted by Crippen LogP contribution is 2.02. The summed E-state index contributed by atoms with van der Waals surface area (Å²) in [4.78, 5) is 37.4. The number of esters is 2. The largest absolute Gasteiger partial charge is 0.465 e. The lowest BCUT2D eigenvalue weighted by Crippen LogP contribution is -2.30. The molecule has 0 unspecified atom stereocenters. The Labute approximate surface area is 116 Å². The molecule has 1 amide bonds. The Morgan fingerprint density at radius 3 is 2.55 bits per heavy atom. The third kappa shape index (κ3) is 5.47. The molecule has 0 saturated heterocycles. The molecule has 0 bridgehead atoms. The molecular weight excluding hydrogens is 264 g/mol. The Balaban J connectivity index is 2.48. The Kier molecular flexibility index (Phi) is 6.15. The molecule has 0 spiro atoms. The van der Waals surface area contributed by atoms with E-state index in [4.69, 9.17) is 4.74 Å². The number of carbonyl (C=O) groups excluding carboxylic acids is 3. The average molecular weight is 280 g/mol. The van der Waals surface area contributed by atoms with Crippen LogP contribution in [0, 0.1) is 0 Å². The number of aromatic nitrogens is 1. The van der Waals surface area contributed by atoms with Gasteiger partial charge in [0.05, 0.1) is 17.9 Å². The first kappa shape index (κ1) is 15.6. The lowest BCUT2D eigenvalue weighted by atomic mass is 10.2. The molecule has 7 heteroatoms. The van der Waals surface area contributed by atoms with Crippen LogP contribution < -0.4 is 5.32 Å². The number of hydrogen-bond acceptors (Lipinski definition) is 6. The van der Waals surface area contributed by atoms with Gasteiger partial charge in [-0.05, 0) is 19.1 Å². The number of rotatable bonds is 6. The zero-order valence-electron chi connectivity index (χ0n) is 11.3. The molecule has 0 aliphatic rings. The maximum atomic E-state index is 11.7. The van der Waals surface area contributed by atoms with Crippen molar-refractivity contribution in [1.82, 2.24) is 10.3 Å². The highest BCUT2D eigenvalue weighted by Gasteiger charge is 2.09. The van der Waals surface area contributed by atoms with Gasteiger partial charge in [0.1, 0.15) is 13.2 Å². The van der Waals surface area contributed by atoms with Crippen molar-refractivity contribution in [2.75, 3.05) is 13.2 Å². The van der Waals surface area contributed by atoms with Gasteiger partial charge >= 0.3 is 11.9 Å². The summed E-state index contributed by atoms with van der Waals surface area (Å²) in [6.45, 7) is 3.12. The van der Waals surface area contributed by atoms with Gasteiger partial charge in [-0.25, -0.2) is 0 Å². The minimum Gasteiger partial charge on any atom is -0.465 e. The molecule has 1 aromatic rings. The van der Waals surface area contributed by atoms with Crippen molar-refractivity contribution >= 4 is 17.8 Å². The maximum absolute atomic E-state index is 11.7. The second-order valence-corrected chi connectivity index (χ2v) is 3.81. The normalized spacial score (nSPS) is 9.70. The van der Waals surface area contributed by atoms with Gasteiger partial charge in [0.25, 0.3) is 5.91 Å². The Hall–Kier alpha value is -2.44. The summed E-state index contributed by atoms with van der Waals surface area (Å²) in [5.74, 6) is -1.33. The molecule has 1 aromatic heterocycles. The number of ether oxygens (including phenoxy) is 2. The van der Waals surface area contributed by atoms with Crippen LogP contribution in [0.4, 0.5) is 0 Å². The maximum Gasteiger partial charge on any atom is 0.325 e. The van der Waals surface area contributed by atoms with E-state index in [9.17, 15) is 14.4 Å². The first-order valence-corrected chi connectivity index (χ1v) is 6.05. The van der Waals surface area contributed by atoms with E-state index in [0.29, 0.717) is 11.3 Å². The van der Waals surface area contributed by atoms with Crippen molar-refractivity contribution in [2.24, 2.45) is 0 Å². The lowest BCUT2D eigenvalue weighted by Gasteiger charge is -2.05. The highest BCUT2D eigenvalue weighted by atomic mass is 16.5. The van der Waals surface area contributed by atoms with Crippen LogP contribution in [0.5, 0.6) is 0 Å². The summed E-state index contributed by atoms with van der Waals surface area (Å²) in [5.41, 5.74) is 0.836. The molecule has 0 atom stereocenters. The van der Waals surface area contributed by atoms with Gasteiger partial charge in [-0.3, -0.25) is 19.4 Å². The van der Waals surface area contributed by atoms with E-state index in [2.05, 4.69) is 15.0 Å². The van der Waals surface area contributed by atoms with Gasteiger partial charge in [-0.15, -0.1) is 0 Å². The van der Waals surface area contributed by atoms with Crippen molar-refractivity contribution in [2.45, 2.75) is 20.5 Å². The predicted octanol–water partition coefficient (Wildman–Crippen LogP) is 0.438. The lowest BCUT2D eigenvalue weighted by molar-refractivity contribution is -0.143. The third-order valence-corrected chi connectivity index (χ3v) is 2.21. The van der Waals surface area contributed by atoms with E-state index in [1.54, 1.807) is 13.0 Å². The summed E-state index contributed by atoms with van der Waals surface area (Å²) in [5, 5.41) is 2.41. The number of hydrogen-bond donors (Lipinski definition) is 1. The number of nitrogens with one attached hydrogen (secondary N) is 1. The van der Waals surface area contributed by atoms with Crippen molar-refractivity contribution in [1.29, 1.82) is 0 Å². The zero-order valence-corrected chi connectivity index (χ0v) is 11.3. The fourth-order valence-corrected chi connectivity index (χ4v) is 1.29. The first-order valence-electron chi connectivity index (χ1n) is 6.05. The monoisotopic (exact) mass is 280 g/mol. The zero-order chi connectivity index (χ0) is 15.0. The first-order chi connectivity index (χ1) is 9.52. The molecule has 0 radical (unpaired) electrons. The average Bonchev–Trinajstić information content (AvgIpc) is 2.43. The molecule has 7 nitrogen and oxygen atoms in total. The number of pyridine rings is 1. The van der Waals surface area contributed by atoms with Crippen molar-refractivity contribution in [3.05, 3.63) is 29.6 Å². The van der Waals surface area contributed by atoms with Gasteiger partial charge in [-0.1, -0.05) is 0 Å². The van der Waals surface area contributed by atoms with Crippen LogP contribution in [-0.4, -0.2) is 36.0 Å². The van der Waals surface area contributed by atoms with Crippen LogP contribution in [0.3, 0.4) is 0 Å². The number of nitrogens with zero attached hydrogens (tertiary/aromatic N) is 1. The molecule has 0 aromatic carbocycles. The highest BCUT2D eigenvalue weighted by molar-refractivity contribution is 5.95. The molecule has 0 aliphatic heterocycles. The van der Waals surface area contributed by atoms with Crippen LogP contribution in [0.1, 0.15) is 29.9 Å². The van der Waals surface area contributed by atoms with E-state index in [1.807, 2.05) is 0 Å². The Morgan fingerprint density at radius 2 is 2.00 bits per heavy atom. The number of carbonyl (C=O) groups is 3. The quantitative estimate of drug-likeness (QED) is 0.760. The molecule has 1 heterocycles. The molecule has 1 N–H and O–H groups in total. The molecular formula is C13H16N2O5. The summed E-state index contributed by atoms with van der Waals surface area (Å²) in [6.07, 6.45) is 1.35. The van der Waals surface area contributed by atoms with Crippen LogP contribution in [0.2, 0.25) is 0 Å². The van der Waals surface area contributed by atoms with Gasteiger partial charge < -0.3 is 14.8 Å². The minimum absolute atomic E-state index is 0.0556. The van der Waals surface area contributed by atoms with Crippen LogP contribution >= 0.6 is 0 Å². The topological polar surface area (TPSA) is 94.6 Å². The molecule has 0 saturated carbocycles. The van der Waals surface area contributed by atoms with Crippen LogP contribution in [0.15, 0.2) is 18.3 Å². The van der Waals surface area contributed by atoms with E-state index in [-0.39, 0.29) is 19.8 Å². The van der Waals surface area contributed by atoms with Gasteiger partial charge in [0, 0.05) is 13.1 Å². The predicted molar refractivity (Wildman–Crippen MR) is 68.7 cm³/mol. The summed E-state index contributed by atoms with van der Waals surface area (Å²) in [7, 11) is 0. The standard InChI is InChI=1S/C13H16N2O5/c1-3-19-12(17)7-15-13(18)10-4-5-11(14-6-10)8-20-9(2)16/h4-6H,3,7-8H2,1-2H3,(H,15,18). The fraction of sp³-hybridized carbons (Fsp3) is 0.385. The van der Waals surface area contributed by atoms with E-state index in [0.717, 1.165) is 0 Å². The molecule has 1 rings (SSSR count). The fourth-order valence-electron chi connectivity index (χ4n) is 1.29. The molecule has 20 heavy (non-hydrogen) atoms. The SMILES string of the molecule is CCOC(=O)CNC(=O)c1ccc(COC(C)=O)nc1. The Morgan fingerprint density at radius 1 is 1.25 bits per heavy atom. The second kappa shape index (κ2) is 7.88. The summed E-state index contributed by atoms with van der Waals surface area (Å²) < 4.78 is 9.45. The van der Waals surface area contributed by atoms with Gasteiger partial charge in [0.2, 0.25) is 0 Å². The van der Waals surface area contributed by atoms with E-state index >= 15 is 0 Å². The van der Waals surface area contributed by atoms with E-state index in [1.165, 1.54) is 19.2 Å². The molecule has 0 fully saturated rings. The molecule has 0 aliphatic carbocycles. The second-order valence-electron chi connectivity index (χ2n) is 3.81. The van der Waals surface area contributed by atoms with Gasteiger partial charge in [0.15, 0.2) is 0 Å². The van der Waals surface area contributed by atoms with Gasteiger partial charge in [-0.2, -0.15) is 0 Å². The smallest absolute Gasteiger partial charge is 0.325 e. The Bertz CT molecular complexity index is 484.